The Balaban J connectivity index is 1.38. The standard InChI is InChI=1S/C23H19N3O3/c1-26(19-10-6-3-7-11-19)21(27)16-28-20-14-12-18(13-15-20)23-24-22(25-29-23)17-8-4-2-5-9-17/h2-15H,16H2,1H3. The van der Waals surface area contributed by atoms with Gasteiger partial charge in [-0.05, 0) is 36.4 Å². The van der Waals surface area contributed by atoms with E-state index in [-0.39, 0.29) is 12.5 Å². The lowest BCUT2D eigenvalue weighted by molar-refractivity contribution is -0.120. The van der Waals surface area contributed by atoms with Gasteiger partial charge in [-0.2, -0.15) is 4.98 Å². The Hall–Kier alpha value is -3.93. The van der Waals surface area contributed by atoms with Gasteiger partial charge >= 0.3 is 0 Å². The summed E-state index contributed by atoms with van der Waals surface area (Å²) < 4.78 is 11.0. The van der Waals surface area contributed by atoms with E-state index < -0.39 is 0 Å². The third-order valence-corrected chi connectivity index (χ3v) is 4.44. The van der Waals surface area contributed by atoms with E-state index in [1.807, 2.05) is 72.8 Å². The monoisotopic (exact) mass is 385 g/mol. The molecule has 0 atom stereocenters. The highest BCUT2D eigenvalue weighted by molar-refractivity contribution is 5.93. The lowest BCUT2D eigenvalue weighted by Gasteiger charge is -2.17. The summed E-state index contributed by atoms with van der Waals surface area (Å²) in [5.41, 5.74) is 2.49. The van der Waals surface area contributed by atoms with E-state index in [1.165, 1.54) is 0 Å². The van der Waals surface area contributed by atoms with E-state index in [0.29, 0.717) is 17.5 Å². The van der Waals surface area contributed by atoms with Crippen LogP contribution in [0.5, 0.6) is 5.75 Å². The van der Waals surface area contributed by atoms with Crippen molar-refractivity contribution >= 4 is 11.6 Å². The van der Waals surface area contributed by atoms with Crippen molar-refractivity contribution in [2.24, 2.45) is 0 Å². The second-order valence-electron chi connectivity index (χ2n) is 6.39. The number of rotatable bonds is 6. The Morgan fingerprint density at radius 1 is 0.897 bits per heavy atom. The van der Waals surface area contributed by atoms with Gasteiger partial charge in [0, 0.05) is 23.9 Å². The Kier molecular flexibility index (Phi) is 5.33. The number of likely N-dealkylation sites (N-methyl/N-ethyl adjacent to an activating group) is 1. The van der Waals surface area contributed by atoms with Crippen LogP contribution in [0.2, 0.25) is 0 Å². The average molecular weight is 385 g/mol. The molecule has 0 aliphatic carbocycles. The van der Waals surface area contributed by atoms with E-state index in [4.69, 9.17) is 9.26 Å². The van der Waals surface area contributed by atoms with Gasteiger partial charge in [0.15, 0.2) is 6.61 Å². The lowest BCUT2D eigenvalue weighted by atomic mass is 10.2. The second-order valence-corrected chi connectivity index (χ2v) is 6.39. The number of amides is 1. The number of para-hydroxylation sites is 1. The topological polar surface area (TPSA) is 68.5 Å². The average Bonchev–Trinajstić information content (AvgIpc) is 3.29. The Morgan fingerprint density at radius 2 is 1.55 bits per heavy atom. The molecule has 0 bridgehead atoms. The minimum absolute atomic E-state index is 0.0521. The van der Waals surface area contributed by atoms with E-state index in [0.717, 1.165) is 16.8 Å². The fraction of sp³-hybridized carbons (Fsp3) is 0.0870. The van der Waals surface area contributed by atoms with Crippen molar-refractivity contribution in [3.8, 4) is 28.6 Å². The van der Waals surface area contributed by atoms with Crippen molar-refractivity contribution in [2.45, 2.75) is 0 Å². The Labute approximate surface area is 168 Å². The molecular formula is C23H19N3O3. The zero-order valence-corrected chi connectivity index (χ0v) is 15.9. The molecule has 4 aromatic rings. The molecule has 0 saturated carbocycles. The van der Waals surface area contributed by atoms with E-state index in [1.54, 1.807) is 24.1 Å². The van der Waals surface area contributed by atoms with Gasteiger partial charge in [0.25, 0.3) is 11.8 Å². The van der Waals surface area contributed by atoms with Crippen LogP contribution in [0.4, 0.5) is 5.69 Å². The smallest absolute Gasteiger partial charge is 0.264 e. The van der Waals surface area contributed by atoms with E-state index in [2.05, 4.69) is 10.1 Å². The van der Waals surface area contributed by atoms with Crippen molar-refractivity contribution in [2.75, 3.05) is 18.6 Å². The van der Waals surface area contributed by atoms with Crippen LogP contribution in [-0.4, -0.2) is 29.7 Å². The first kappa shape index (κ1) is 18.4. The zero-order valence-electron chi connectivity index (χ0n) is 15.9. The van der Waals surface area contributed by atoms with Crippen LogP contribution < -0.4 is 9.64 Å². The van der Waals surface area contributed by atoms with Gasteiger partial charge in [-0.3, -0.25) is 4.79 Å². The predicted molar refractivity (Wildman–Crippen MR) is 111 cm³/mol. The minimum atomic E-state index is -0.135. The molecular weight excluding hydrogens is 366 g/mol. The van der Waals surface area contributed by atoms with Gasteiger partial charge in [-0.1, -0.05) is 53.7 Å². The maximum absolute atomic E-state index is 12.3. The first-order chi connectivity index (χ1) is 14.2. The summed E-state index contributed by atoms with van der Waals surface area (Å²) >= 11 is 0. The quantitative estimate of drug-likeness (QED) is 0.491. The highest BCUT2D eigenvalue weighted by atomic mass is 16.5. The van der Waals surface area contributed by atoms with Crippen molar-refractivity contribution in [3.05, 3.63) is 84.9 Å². The van der Waals surface area contributed by atoms with Crippen LogP contribution in [0.15, 0.2) is 89.5 Å². The Bertz CT molecular complexity index is 1080. The van der Waals surface area contributed by atoms with Crippen LogP contribution in [0.3, 0.4) is 0 Å². The molecule has 0 spiro atoms. The Morgan fingerprint density at radius 3 is 2.24 bits per heavy atom. The molecule has 1 aromatic heterocycles. The first-order valence-electron chi connectivity index (χ1n) is 9.15. The number of aromatic nitrogens is 2. The highest BCUT2D eigenvalue weighted by Crippen LogP contribution is 2.24. The number of nitrogens with zero attached hydrogens (tertiary/aromatic N) is 3. The molecule has 0 N–H and O–H groups in total. The van der Waals surface area contributed by atoms with Crippen LogP contribution in [0, 0.1) is 0 Å². The molecule has 0 radical (unpaired) electrons. The molecule has 1 amide bonds. The molecule has 29 heavy (non-hydrogen) atoms. The molecule has 0 aliphatic heterocycles. The number of benzene rings is 3. The molecule has 3 aromatic carbocycles. The summed E-state index contributed by atoms with van der Waals surface area (Å²) in [6, 6.07) is 26.3. The zero-order chi connectivity index (χ0) is 20.1. The molecule has 0 aliphatic rings. The lowest BCUT2D eigenvalue weighted by Crippen LogP contribution is -2.31. The summed E-state index contributed by atoms with van der Waals surface area (Å²) in [5.74, 6) is 1.42. The number of hydrogen-bond donors (Lipinski definition) is 0. The van der Waals surface area contributed by atoms with E-state index >= 15 is 0 Å². The molecule has 1 heterocycles. The van der Waals surface area contributed by atoms with Crippen molar-refractivity contribution in [1.82, 2.24) is 10.1 Å². The fourth-order valence-electron chi connectivity index (χ4n) is 2.78. The summed E-state index contributed by atoms with van der Waals surface area (Å²) in [6.07, 6.45) is 0. The number of carbonyl (C=O) groups is 1. The third kappa shape index (κ3) is 4.32. The van der Waals surface area contributed by atoms with E-state index in [9.17, 15) is 4.79 Å². The van der Waals surface area contributed by atoms with Crippen LogP contribution in [0.1, 0.15) is 0 Å². The highest BCUT2D eigenvalue weighted by Gasteiger charge is 2.13. The molecule has 0 unspecified atom stereocenters. The molecule has 6 heteroatoms. The minimum Gasteiger partial charge on any atom is -0.484 e. The van der Waals surface area contributed by atoms with Gasteiger partial charge in [0.2, 0.25) is 5.82 Å². The van der Waals surface area contributed by atoms with Gasteiger partial charge < -0.3 is 14.2 Å². The molecule has 144 valence electrons. The normalized spacial score (nSPS) is 10.5. The van der Waals surface area contributed by atoms with Gasteiger partial charge in [0.05, 0.1) is 0 Å². The van der Waals surface area contributed by atoms with Gasteiger partial charge in [-0.25, -0.2) is 0 Å². The van der Waals surface area contributed by atoms with Crippen LogP contribution >= 0.6 is 0 Å². The number of hydrogen-bond acceptors (Lipinski definition) is 5. The van der Waals surface area contributed by atoms with Crippen molar-refractivity contribution < 1.29 is 14.1 Å². The molecule has 0 saturated heterocycles. The molecule has 6 nitrogen and oxygen atoms in total. The second kappa shape index (κ2) is 8.39. The fourth-order valence-corrected chi connectivity index (χ4v) is 2.78. The van der Waals surface area contributed by atoms with Crippen molar-refractivity contribution in [3.63, 3.8) is 0 Å². The predicted octanol–water partition coefficient (Wildman–Crippen LogP) is 4.45. The number of carbonyl (C=O) groups excluding carboxylic acids is 1. The maximum Gasteiger partial charge on any atom is 0.264 e. The first-order valence-corrected chi connectivity index (χ1v) is 9.15. The SMILES string of the molecule is CN(C(=O)COc1ccc(-c2nc(-c3ccccc3)no2)cc1)c1ccccc1. The molecule has 0 fully saturated rings. The number of ether oxygens (including phenoxy) is 1. The van der Waals surface area contributed by atoms with Gasteiger partial charge in [-0.15, -0.1) is 0 Å². The van der Waals surface area contributed by atoms with Crippen LogP contribution in [0.25, 0.3) is 22.8 Å². The van der Waals surface area contributed by atoms with Crippen LogP contribution in [-0.2, 0) is 4.79 Å². The summed E-state index contributed by atoms with van der Waals surface area (Å²) in [4.78, 5) is 18.3. The summed E-state index contributed by atoms with van der Waals surface area (Å²) in [7, 11) is 1.73. The van der Waals surface area contributed by atoms with Gasteiger partial charge in [0.1, 0.15) is 5.75 Å². The molecule has 4 rings (SSSR count). The largest absolute Gasteiger partial charge is 0.484 e. The summed E-state index contributed by atoms with van der Waals surface area (Å²) in [6.45, 7) is -0.0521. The maximum atomic E-state index is 12.3. The third-order valence-electron chi connectivity index (χ3n) is 4.44. The number of anilines is 1. The van der Waals surface area contributed by atoms with Crippen molar-refractivity contribution in [1.29, 1.82) is 0 Å². The summed E-state index contributed by atoms with van der Waals surface area (Å²) in [5, 5.41) is 4.03.